The Balaban J connectivity index is 1.52. The van der Waals surface area contributed by atoms with Crippen molar-refractivity contribution >= 4 is 22.0 Å². The van der Waals surface area contributed by atoms with Crippen molar-refractivity contribution in [2.24, 2.45) is 40.4 Å². The minimum atomic E-state index is -4.40. The third-order valence-electron chi connectivity index (χ3n) is 9.17. The number of hydrogen-bond donors (Lipinski definition) is 1. The van der Waals surface area contributed by atoms with Gasteiger partial charge in [-0.1, -0.05) is 32.9 Å². The summed E-state index contributed by atoms with van der Waals surface area (Å²) >= 11 is 0. The van der Waals surface area contributed by atoms with E-state index < -0.39 is 10.4 Å². The molecule has 7 atom stereocenters. The van der Waals surface area contributed by atoms with Gasteiger partial charge in [0, 0.05) is 18.3 Å². The molecule has 1 N–H and O–H groups in total. The Morgan fingerprint density at radius 1 is 1.23 bits per heavy atom. The van der Waals surface area contributed by atoms with Crippen molar-refractivity contribution in [3.05, 3.63) is 23.8 Å². The molecule has 0 aromatic rings. The molecule has 0 spiro atoms. The maximum Gasteiger partial charge on any atom is 0.397 e. The second-order valence-electron chi connectivity index (χ2n) is 10.6. The van der Waals surface area contributed by atoms with E-state index in [9.17, 15) is 18.0 Å². The maximum atomic E-state index is 13.7. The van der Waals surface area contributed by atoms with Gasteiger partial charge in [-0.05, 0) is 78.8 Å². The first-order valence-electron chi connectivity index (χ1n) is 11.5. The van der Waals surface area contributed by atoms with Crippen LogP contribution < -0.4 is 0 Å². The number of ketones is 2. The van der Waals surface area contributed by atoms with E-state index in [4.69, 9.17) is 4.55 Å². The molecule has 4 aliphatic rings. The highest BCUT2D eigenvalue weighted by Crippen LogP contribution is 2.65. The highest BCUT2D eigenvalue weighted by atomic mass is 32.3. The minimum absolute atomic E-state index is 0.0381. The van der Waals surface area contributed by atoms with Crippen LogP contribution in [0.25, 0.3) is 0 Å². The molecule has 0 amide bonds. The second kappa shape index (κ2) is 7.92. The zero-order valence-electron chi connectivity index (χ0n) is 18.7. The van der Waals surface area contributed by atoms with Crippen LogP contribution in [-0.2, 0) is 24.2 Å². The average molecular weight is 451 g/mol. The Hall–Kier alpha value is -1.31. The van der Waals surface area contributed by atoms with Gasteiger partial charge in [0.2, 0.25) is 0 Å². The number of rotatable bonds is 6. The number of carbonyl (C=O) groups is 2. The van der Waals surface area contributed by atoms with Crippen LogP contribution in [0.2, 0.25) is 0 Å². The van der Waals surface area contributed by atoms with Crippen molar-refractivity contribution in [1.29, 1.82) is 0 Å². The predicted octanol–water partition coefficient (Wildman–Crippen LogP) is 4.33. The largest absolute Gasteiger partial charge is 0.397 e. The number of hydrogen-bond acceptors (Lipinski definition) is 5. The summed E-state index contributed by atoms with van der Waals surface area (Å²) in [7, 11) is -4.40. The fourth-order valence-corrected chi connectivity index (χ4v) is 7.76. The van der Waals surface area contributed by atoms with Crippen molar-refractivity contribution in [3.8, 4) is 0 Å². The van der Waals surface area contributed by atoms with Crippen molar-refractivity contribution in [2.75, 3.05) is 6.61 Å². The molecule has 7 heteroatoms. The van der Waals surface area contributed by atoms with Crippen molar-refractivity contribution in [2.45, 2.75) is 65.7 Å². The van der Waals surface area contributed by atoms with Crippen LogP contribution in [0.5, 0.6) is 0 Å². The SMILES string of the molecule is C[C@H](CCCOS(=O)(=O)O)[C@H]1CC[C@H]2[C@@H]3C=CC4=CC(=O)CC[C@]4(C)[C@H]3CC(=O)[C@]12C. The van der Waals surface area contributed by atoms with E-state index in [1.165, 1.54) is 0 Å². The number of carbonyl (C=O) groups excluding carboxylic acids is 2. The third-order valence-corrected chi connectivity index (χ3v) is 9.64. The van der Waals surface area contributed by atoms with Crippen LogP contribution in [0.1, 0.15) is 65.7 Å². The Labute approximate surface area is 185 Å². The monoisotopic (exact) mass is 450 g/mol. The zero-order valence-corrected chi connectivity index (χ0v) is 19.5. The van der Waals surface area contributed by atoms with Gasteiger partial charge in [0.05, 0.1) is 6.61 Å². The standard InChI is InChI=1S/C24H34O6S/c1-15(5-4-12-30-31(27,28)29)19-8-9-20-18-7-6-16-13-17(25)10-11-23(16,2)21(18)14-22(26)24(19,20)3/h6-7,13,15,18-21H,4-5,8-12,14H2,1-3H3,(H,27,28,29)/t15-,18+,19-,20+,21+,23+,24-/m1/s1. The molecule has 0 aromatic heterocycles. The van der Waals surface area contributed by atoms with E-state index in [0.717, 1.165) is 31.3 Å². The molecule has 2 saturated carbocycles. The molecule has 172 valence electrons. The van der Waals surface area contributed by atoms with Gasteiger partial charge < -0.3 is 0 Å². The van der Waals surface area contributed by atoms with Gasteiger partial charge in [0.25, 0.3) is 0 Å². The maximum absolute atomic E-state index is 13.7. The summed E-state index contributed by atoms with van der Waals surface area (Å²) in [6.07, 6.45) is 11.5. The molecule has 0 aliphatic heterocycles. The summed E-state index contributed by atoms with van der Waals surface area (Å²) in [4.78, 5) is 25.6. The lowest BCUT2D eigenvalue weighted by Crippen LogP contribution is -2.54. The van der Waals surface area contributed by atoms with Gasteiger partial charge >= 0.3 is 10.4 Å². The van der Waals surface area contributed by atoms with E-state index in [-0.39, 0.29) is 41.0 Å². The van der Waals surface area contributed by atoms with Gasteiger partial charge in [0.1, 0.15) is 5.78 Å². The molecule has 0 radical (unpaired) electrons. The summed E-state index contributed by atoms with van der Waals surface area (Å²) in [5.41, 5.74) is 0.640. The molecule has 2 fully saturated rings. The van der Waals surface area contributed by atoms with Crippen LogP contribution in [-0.4, -0.2) is 31.1 Å². The number of fused-ring (bicyclic) bond motifs is 5. The number of allylic oxidation sites excluding steroid dienone is 4. The summed E-state index contributed by atoms with van der Waals surface area (Å²) in [6.45, 7) is 6.51. The van der Waals surface area contributed by atoms with Gasteiger partial charge in [0.15, 0.2) is 5.78 Å². The first-order valence-corrected chi connectivity index (χ1v) is 12.9. The van der Waals surface area contributed by atoms with E-state index >= 15 is 0 Å². The van der Waals surface area contributed by atoms with Gasteiger partial charge in [-0.2, -0.15) is 8.42 Å². The normalized spacial score (nSPS) is 40.7. The van der Waals surface area contributed by atoms with E-state index in [1.807, 2.05) is 0 Å². The Morgan fingerprint density at radius 2 is 1.97 bits per heavy atom. The van der Waals surface area contributed by atoms with Crippen molar-refractivity contribution in [1.82, 2.24) is 0 Å². The molecule has 0 bridgehead atoms. The molecular weight excluding hydrogens is 416 g/mol. The molecule has 6 nitrogen and oxygen atoms in total. The Bertz CT molecular complexity index is 934. The molecule has 4 aliphatic carbocycles. The zero-order chi connectivity index (χ0) is 22.6. The summed E-state index contributed by atoms with van der Waals surface area (Å²) < 4.78 is 34.7. The summed E-state index contributed by atoms with van der Waals surface area (Å²) in [5.74, 6) is 2.02. The van der Waals surface area contributed by atoms with Gasteiger partial charge in [-0.15, -0.1) is 0 Å². The molecular formula is C24H34O6S. The highest BCUT2D eigenvalue weighted by molar-refractivity contribution is 7.80. The fourth-order valence-electron chi connectivity index (χ4n) is 7.43. The Morgan fingerprint density at radius 3 is 2.68 bits per heavy atom. The van der Waals surface area contributed by atoms with Crippen molar-refractivity contribution < 1.29 is 26.7 Å². The van der Waals surface area contributed by atoms with Gasteiger partial charge in [-0.25, -0.2) is 4.18 Å². The quantitative estimate of drug-likeness (QED) is 0.478. The third kappa shape index (κ3) is 3.87. The summed E-state index contributed by atoms with van der Waals surface area (Å²) in [6, 6.07) is 0. The molecule has 4 rings (SSSR count). The first kappa shape index (κ1) is 22.9. The van der Waals surface area contributed by atoms with Crippen LogP contribution >= 0.6 is 0 Å². The second-order valence-corrected chi connectivity index (χ2v) is 11.7. The average Bonchev–Trinajstić information content (AvgIpc) is 3.05. The molecule has 0 saturated heterocycles. The smallest absolute Gasteiger partial charge is 0.299 e. The highest BCUT2D eigenvalue weighted by Gasteiger charge is 2.62. The molecule has 0 aromatic carbocycles. The first-order chi connectivity index (χ1) is 14.5. The predicted molar refractivity (Wildman–Crippen MR) is 116 cm³/mol. The fraction of sp³-hybridized carbons (Fsp3) is 0.750. The van der Waals surface area contributed by atoms with Crippen molar-refractivity contribution in [3.63, 3.8) is 0 Å². The Kier molecular flexibility index (Phi) is 5.85. The minimum Gasteiger partial charge on any atom is -0.299 e. The van der Waals surface area contributed by atoms with Crippen LogP contribution in [0.15, 0.2) is 23.8 Å². The lowest BCUT2D eigenvalue weighted by molar-refractivity contribution is -0.144. The van der Waals surface area contributed by atoms with E-state index in [1.54, 1.807) is 6.08 Å². The van der Waals surface area contributed by atoms with E-state index in [0.29, 0.717) is 36.9 Å². The van der Waals surface area contributed by atoms with Crippen LogP contribution in [0, 0.1) is 40.4 Å². The molecule has 0 unspecified atom stereocenters. The topological polar surface area (TPSA) is 97.7 Å². The van der Waals surface area contributed by atoms with Crippen LogP contribution in [0.3, 0.4) is 0 Å². The molecule has 31 heavy (non-hydrogen) atoms. The lowest BCUT2D eigenvalue weighted by atomic mass is 9.47. The number of Topliss-reactive ketones (excluding diaryl/α,β-unsaturated/α-hetero) is 1. The van der Waals surface area contributed by atoms with Gasteiger partial charge in [-0.3, -0.25) is 14.1 Å². The van der Waals surface area contributed by atoms with E-state index in [2.05, 4.69) is 37.1 Å². The van der Waals surface area contributed by atoms with Crippen LogP contribution in [0.4, 0.5) is 0 Å². The molecule has 0 heterocycles. The summed E-state index contributed by atoms with van der Waals surface area (Å²) in [5, 5.41) is 0. The lowest BCUT2D eigenvalue weighted by Gasteiger charge is -2.55.